The predicted molar refractivity (Wildman–Crippen MR) is 71.2 cm³/mol. The third-order valence-electron chi connectivity index (χ3n) is 2.64. The van der Waals surface area contributed by atoms with Gasteiger partial charge in [0.15, 0.2) is 0 Å². The van der Waals surface area contributed by atoms with Crippen molar-refractivity contribution in [2.24, 2.45) is 5.73 Å². The molecule has 0 atom stereocenters. The number of carbonyl (C=O) groups excluding carboxylic acids is 1. The van der Waals surface area contributed by atoms with E-state index in [2.05, 4.69) is 10.3 Å². The molecule has 1 amide bonds. The van der Waals surface area contributed by atoms with Crippen molar-refractivity contribution in [3.63, 3.8) is 0 Å². The molecule has 2 aromatic rings. The van der Waals surface area contributed by atoms with E-state index in [1.165, 1.54) is 12.1 Å². The number of carbonyl (C=O) groups is 1. The van der Waals surface area contributed by atoms with Crippen LogP contribution in [0.3, 0.4) is 0 Å². The fourth-order valence-electron chi connectivity index (χ4n) is 1.64. The molecule has 19 heavy (non-hydrogen) atoms. The summed E-state index contributed by atoms with van der Waals surface area (Å²) in [7, 11) is 0. The van der Waals surface area contributed by atoms with Gasteiger partial charge in [0.1, 0.15) is 11.5 Å². The SMILES string of the molecule is Cc1cccc(C(=O)Nc2ccc(CN)cc2F)n1. The third-order valence-corrected chi connectivity index (χ3v) is 2.64. The van der Waals surface area contributed by atoms with Crippen LogP contribution in [0.1, 0.15) is 21.7 Å². The molecule has 1 aromatic carbocycles. The standard InChI is InChI=1S/C14H14FN3O/c1-9-3-2-4-13(17-9)14(19)18-12-6-5-10(8-16)7-11(12)15/h2-7H,8,16H2,1H3,(H,18,19). The van der Waals surface area contributed by atoms with Crippen LogP contribution in [0.2, 0.25) is 0 Å². The number of nitrogens with zero attached hydrogens (tertiary/aromatic N) is 1. The van der Waals surface area contributed by atoms with E-state index in [0.29, 0.717) is 5.56 Å². The molecule has 0 fully saturated rings. The van der Waals surface area contributed by atoms with E-state index in [1.54, 1.807) is 31.2 Å². The van der Waals surface area contributed by atoms with Crippen LogP contribution in [0.15, 0.2) is 36.4 Å². The lowest BCUT2D eigenvalue weighted by Gasteiger charge is -2.07. The molecule has 0 aliphatic rings. The van der Waals surface area contributed by atoms with Crippen LogP contribution in [0.4, 0.5) is 10.1 Å². The van der Waals surface area contributed by atoms with Gasteiger partial charge in [-0.3, -0.25) is 4.79 Å². The second-order valence-electron chi connectivity index (χ2n) is 4.14. The number of hydrogen-bond acceptors (Lipinski definition) is 3. The molecule has 0 saturated carbocycles. The second kappa shape index (κ2) is 5.58. The highest BCUT2D eigenvalue weighted by Gasteiger charge is 2.10. The lowest BCUT2D eigenvalue weighted by Crippen LogP contribution is -2.15. The van der Waals surface area contributed by atoms with Crippen molar-refractivity contribution in [3.05, 3.63) is 59.2 Å². The molecule has 0 spiro atoms. The smallest absolute Gasteiger partial charge is 0.274 e. The topological polar surface area (TPSA) is 68.0 Å². The molecule has 0 saturated heterocycles. The summed E-state index contributed by atoms with van der Waals surface area (Å²) in [6, 6.07) is 9.56. The maximum Gasteiger partial charge on any atom is 0.274 e. The number of pyridine rings is 1. The first kappa shape index (κ1) is 13.2. The zero-order valence-corrected chi connectivity index (χ0v) is 10.5. The van der Waals surface area contributed by atoms with E-state index in [9.17, 15) is 9.18 Å². The number of nitrogens with one attached hydrogen (secondary N) is 1. The van der Waals surface area contributed by atoms with E-state index in [-0.39, 0.29) is 17.9 Å². The Morgan fingerprint density at radius 3 is 2.79 bits per heavy atom. The minimum Gasteiger partial charge on any atom is -0.326 e. The van der Waals surface area contributed by atoms with Gasteiger partial charge in [0.25, 0.3) is 5.91 Å². The van der Waals surface area contributed by atoms with Crippen LogP contribution in [0, 0.1) is 12.7 Å². The third kappa shape index (κ3) is 3.14. The van der Waals surface area contributed by atoms with Gasteiger partial charge < -0.3 is 11.1 Å². The number of anilines is 1. The maximum atomic E-state index is 13.7. The van der Waals surface area contributed by atoms with Gasteiger partial charge in [0.05, 0.1) is 5.69 Å². The Bertz CT molecular complexity index is 613. The Morgan fingerprint density at radius 2 is 2.16 bits per heavy atom. The molecule has 98 valence electrons. The van der Waals surface area contributed by atoms with Gasteiger partial charge >= 0.3 is 0 Å². The molecule has 3 N–H and O–H groups in total. The first-order valence-corrected chi connectivity index (χ1v) is 5.83. The average molecular weight is 259 g/mol. The summed E-state index contributed by atoms with van der Waals surface area (Å²) in [6.07, 6.45) is 0. The highest BCUT2D eigenvalue weighted by atomic mass is 19.1. The molecule has 1 heterocycles. The Kier molecular flexibility index (Phi) is 3.87. The number of halogens is 1. The normalized spacial score (nSPS) is 10.3. The number of aryl methyl sites for hydroxylation is 1. The maximum absolute atomic E-state index is 13.7. The fraction of sp³-hybridized carbons (Fsp3) is 0.143. The molecule has 0 unspecified atom stereocenters. The summed E-state index contributed by atoms with van der Waals surface area (Å²) in [5.41, 5.74) is 7.18. The first-order chi connectivity index (χ1) is 9.10. The number of benzene rings is 1. The Hall–Kier alpha value is -2.27. The summed E-state index contributed by atoms with van der Waals surface area (Å²) in [5.74, 6) is -0.952. The summed E-state index contributed by atoms with van der Waals surface area (Å²) in [5, 5.41) is 2.49. The van der Waals surface area contributed by atoms with Crippen molar-refractivity contribution in [3.8, 4) is 0 Å². The quantitative estimate of drug-likeness (QED) is 0.888. The summed E-state index contributed by atoms with van der Waals surface area (Å²) < 4.78 is 13.7. The van der Waals surface area contributed by atoms with Crippen LogP contribution in [-0.4, -0.2) is 10.9 Å². The van der Waals surface area contributed by atoms with Crippen LogP contribution in [0.25, 0.3) is 0 Å². The van der Waals surface area contributed by atoms with E-state index in [0.717, 1.165) is 5.69 Å². The highest BCUT2D eigenvalue weighted by molar-refractivity contribution is 6.02. The van der Waals surface area contributed by atoms with Crippen molar-refractivity contribution in [1.82, 2.24) is 4.98 Å². The average Bonchev–Trinajstić information content (AvgIpc) is 2.41. The second-order valence-corrected chi connectivity index (χ2v) is 4.14. The minimum atomic E-state index is -0.510. The van der Waals surface area contributed by atoms with Crippen molar-refractivity contribution in [2.75, 3.05) is 5.32 Å². The number of rotatable bonds is 3. The zero-order valence-electron chi connectivity index (χ0n) is 10.5. The molecule has 1 aromatic heterocycles. The van der Waals surface area contributed by atoms with Crippen molar-refractivity contribution in [1.29, 1.82) is 0 Å². The number of hydrogen-bond donors (Lipinski definition) is 2. The Labute approximate surface area is 110 Å². The van der Waals surface area contributed by atoms with Gasteiger partial charge in [0, 0.05) is 12.2 Å². The molecule has 0 aliphatic heterocycles. The Balaban J connectivity index is 2.19. The number of nitrogens with two attached hydrogens (primary N) is 1. The van der Waals surface area contributed by atoms with Gasteiger partial charge in [-0.1, -0.05) is 12.1 Å². The lowest BCUT2D eigenvalue weighted by molar-refractivity contribution is 0.102. The van der Waals surface area contributed by atoms with Crippen LogP contribution >= 0.6 is 0 Å². The lowest BCUT2D eigenvalue weighted by atomic mass is 10.2. The fourth-order valence-corrected chi connectivity index (χ4v) is 1.64. The number of amides is 1. The monoisotopic (exact) mass is 259 g/mol. The summed E-state index contributed by atoms with van der Waals surface area (Å²) in [6.45, 7) is 2.04. The van der Waals surface area contributed by atoms with Gasteiger partial charge in [-0.15, -0.1) is 0 Å². The van der Waals surface area contributed by atoms with E-state index in [1.807, 2.05) is 0 Å². The van der Waals surface area contributed by atoms with E-state index < -0.39 is 11.7 Å². The highest BCUT2D eigenvalue weighted by Crippen LogP contribution is 2.16. The molecule has 4 nitrogen and oxygen atoms in total. The van der Waals surface area contributed by atoms with Crippen LogP contribution in [-0.2, 0) is 6.54 Å². The predicted octanol–water partition coefficient (Wildman–Crippen LogP) is 2.24. The van der Waals surface area contributed by atoms with Crippen LogP contribution in [0.5, 0.6) is 0 Å². The van der Waals surface area contributed by atoms with Crippen molar-refractivity contribution < 1.29 is 9.18 Å². The zero-order chi connectivity index (χ0) is 13.8. The molecule has 2 rings (SSSR count). The van der Waals surface area contributed by atoms with E-state index in [4.69, 9.17) is 5.73 Å². The molecule has 5 heteroatoms. The molecular formula is C14H14FN3O. The van der Waals surface area contributed by atoms with Crippen molar-refractivity contribution >= 4 is 11.6 Å². The molecule has 0 bridgehead atoms. The van der Waals surface area contributed by atoms with Crippen LogP contribution < -0.4 is 11.1 Å². The molecule has 0 radical (unpaired) electrons. The largest absolute Gasteiger partial charge is 0.326 e. The van der Waals surface area contributed by atoms with E-state index >= 15 is 0 Å². The van der Waals surface area contributed by atoms with Gasteiger partial charge in [-0.25, -0.2) is 9.37 Å². The Morgan fingerprint density at radius 1 is 1.37 bits per heavy atom. The van der Waals surface area contributed by atoms with Gasteiger partial charge in [0.2, 0.25) is 0 Å². The summed E-state index contributed by atoms with van der Waals surface area (Å²) in [4.78, 5) is 16.0. The first-order valence-electron chi connectivity index (χ1n) is 5.83. The molecule has 0 aliphatic carbocycles. The van der Waals surface area contributed by atoms with Gasteiger partial charge in [-0.2, -0.15) is 0 Å². The summed E-state index contributed by atoms with van der Waals surface area (Å²) >= 11 is 0. The minimum absolute atomic E-state index is 0.116. The molecular weight excluding hydrogens is 245 g/mol. The number of aromatic nitrogens is 1. The van der Waals surface area contributed by atoms with Gasteiger partial charge in [-0.05, 0) is 36.8 Å². The van der Waals surface area contributed by atoms with Crippen molar-refractivity contribution in [2.45, 2.75) is 13.5 Å².